The Balaban J connectivity index is 1.45. The molecule has 30 heavy (non-hydrogen) atoms. The molecule has 0 bridgehead atoms. The molecule has 0 radical (unpaired) electrons. The number of ether oxygens (including phenoxy) is 1. The minimum atomic E-state index is -0.247. The lowest BCUT2D eigenvalue weighted by molar-refractivity contribution is 0.0835. The Morgan fingerprint density at radius 3 is 2.40 bits per heavy atom. The molecule has 152 valence electrons. The number of carbonyl (C=O) groups excluding carboxylic acids is 1. The zero-order valence-electron chi connectivity index (χ0n) is 16.6. The van der Waals surface area contributed by atoms with Crippen molar-refractivity contribution in [2.24, 2.45) is 0 Å². The Morgan fingerprint density at radius 1 is 0.867 bits per heavy atom. The number of nitrogens with zero attached hydrogens (tertiary/aromatic N) is 1. The first-order chi connectivity index (χ1) is 14.7. The van der Waals surface area contributed by atoms with Gasteiger partial charge >= 0.3 is 0 Å². The molecular weight excluding hydrogens is 379 g/mol. The van der Waals surface area contributed by atoms with Crippen LogP contribution in [-0.4, -0.2) is 23.9 Å². The van der Waals surface area contributed by atoms with Crippen molar-refractivity contribution in [3.8, 4) is 5.75 Å². The van der Waals surface area contributed by atoms with Crippen LogP contribution in [0.5, 0.6) is 5.75 Å². The van der Waals surface area contributed by atoms with Gasteiger partial charge in [0.1, 0.15) is 17.8 Å². The largest absolute Gasteiger partial charge is 0.462 e. The minimum Gasteiger partial charge on any atom is -0.462 e. The van der Waals surface area contributed by atoms with Gasteiger partial charge in [0.25, 0.3) is 5.91 Å². The lowest BCUT2D eigenvalue weighted by Gasteiger charge is -2.24. The number of unbranched alkanes of at least 4 members (excludes halogenated alkanes) is 1. The molecule has 1 aliphatic rings. The van der Waals surface area contributed by atoms with Crippen LogP contribution in [0.4, 0.5) is 10.1 Å². The third kappa shape index (κ3) is 4.51. The summed E-state index contributed by atoms with van der Waals surface area (Å²) in [5, 5.41) is 3.28. The zero-order valence-corrected chi connectivity index (χ0v) is 16.6. The monoisotopic (exact) mass is 402 g/mol. The highest BCUT2D eigenvalue weighted by molar-refractivity contribution is 6.02. The molecule has 3 aromatic carbocycles. The molecule has 0 saturated carbocycles. The fraction of sp³-hybridized carbons (Fsp3) is 0.160. The van der Waals surface area contributed by atoms with E-state index in [1.807, 2.05) is 48.5 Å². The van der Waals surface area contributed by atoms with Crippen molar-refractivity contribution in [3.05, 3.63) is 102 Å². The molecule has 0 aromatic heterocycles. The molecular formula is C25H23FN2O2. The average molecular weight is 402 g/mol. The molecule has 1 N–H and O–H groups in total. The molecule has 4 rings (SSSR count). The first-order valence-corrected chi connectivity index (χ1v) is 10.0. The van der Waals surface area contributed by atoms with E-state index in [1.165, 1.54) is 12.1 Å². The highest BCUT2D eigenvalue weighted by atomic mass is 19.1. The van der Waals surface area contributed by atoms with Crippen LogP contribution in [0.15, 0.2) is 85.1 Å². The summed E-state index contributed by atoms with van der Waals surface area (Å²) in [5.74, 6) is 0.254. The fourth-order valence-corrected chi connectivity index (χ4v) is 3.43. The van der Waals surface area contributed by atoms with Crippen LogP contribution in [0.3, 0.4) is 0 Å². The van der Waals surface area contributed by atoms with E-state index >= 15 is 0 Å². The van der Waals surface area contributed by atoms with E-state index in [0.29, 0.717) is 17.9 Å². The van der Waals surface area contributed by atoms with Crippen molar-refractivity contribution in [2.45, 2.75) is 12.8 Å². The van der Waals surface area contributed by atoms with Crippen molar-refractivity contribution in [2.75, 3.05) is 18.4 Å². The summed E-state index contributed by atoms with van der Waals surface area (Å²) in [5.41, 5.74) is 3.13. The maximum atomic E-state index is 13.3. The molecule has 0 saturated heterocycles. The van der Waals surface area contributed by atoms with Crippen molar-refractivity contribution in [1.82, 2.24) is 4.90 Å². The summed E-state index contributed by atoms with van der Waals surface area (Å²) in [6.07, 6.45) is 3.34. The summed E-state index contributed by atoms with van der Waals surface area (Å²) in [6, 6.07) is 23.4. The maximum absolute atomic E-state index is 13.3. The van der Waals surface area contributed by atoms with Gasteiger partial charge in [-0.15, -0.1) is 0 Å². The fourth-order valence-electron chi connectivity index (χ4n) is 3.43. The Morgan fingerprint density at radius 2 is 1.60 bits per heavy atom. The molecule has 0 fully saturated rings. The number of benzene rings is 3. The number of rotatable bonds is 7. The van der Waals surface area contributed by atoms with E-state index in [1.54, 1.807) is 29.4 Å². The SMILES string of the molecule is O=C1c2ccccc2OC=C(c2ccccc2)N1CCCCNc1ccc(F)cc1. The van der Waals surface area contributed by atoms with E-state index < -0.39 is 0 Å². The number of carbonyl (C=O) groups is 1. The standard InChI is InChI=1S/C25H23FN2O2/c26-20-12-14-21(15-13-20)27-16-6-7-17-28-23(19-8-2-1-3-9-19)18-30-24-11-5-4-10-22(24)25(28)29/h1-5,8-15,18,27H,6-7,16-17H2. The molecule has 0 spiro atoms. The summed E-state index contributed by atoms with van der Waals surface area (Å²) in [4.78, 5) is 15.1. The second-order valence-electron chi connectivity index (χ2n) is 7.08. The van der Waals surface area contributed by atoms with Crippen LogP contribution in [-0.2, 0) is 0 Å². The number of halogens is 1. The highest BCUT2D eigenvalue weighted by Gasteiger charge is 2.26. The molecule has 1 heterocycles. The van der Waals surface area contributed by atoms with Crippen molar-refractivity contribution in [1.29, 1.82) is 0 Å². The highest BCUT2D eigenvalue weighted by Crippen LogP contribution is 2.30. The summed E-state index contributed by atoms with van der Waals surface area (Å²) in [7, 11) is 0. The molecule has 1 aliphatic heterocycles. The maximum Gasteiger partial charge on any atom is 0.262 e. The Kier molecular flexibility index (Phi) is 6.09. The molecule has 0 atom stereocenters. The number of nitrogens with one attached hydrogen (secondary N) is 1. The van der Waals surface area contributed by atoms with Gasteiger partial charge in [-0.2, -0.15) is 0 Å². The van der Waals surface area contributed by atoms with Crippen LogP contribution in [0, 0.1) is 5.82 Å². The smallest absolute Gasteiger partial charge is 0.262 e. The minimum absolute atomic E-state index is 0.0651. The van der Waals surface area contributed by atoms with E-state index in [0.717, 1.165) is 36.3 Å². The third-order valence-electron chi connectivity index (χ3n) is 5.00. The summed E-state index contributed by atoms with van der Waals surface area (Å²) < 4.78 is 18.9. The predicted octanol–water partition coefficient (Wildman–Crippen LogP) is 5.55. The quantitative estimate of drug-likeness (QED) is 0.527. The number of para-hydroxylation sites is 1. The molecule has 4 nitrogen and oxygen atoms in total. The predicted molar refractivity (Wildman–Crippen MR) is 117 cm³/mol. The first kappa shape index (κ1) is 19.7. The number of hydrogen-bond donors (Lipinski definition) is 1. The van der Waals surface area contributed by atoms with E-state index in [4.69, 9.17) is 4.74 Å². The Bertz CT molecular complexity index is 1030. The van der Waals surface area contributed by atoms with Crippen LogP contribution in [0.1, 0.15) is 28.8 Å². The number of hydrogen-bond acceptors (Lipinski definition) is 3. The van der Waals surface area contributed by atoms with Crippen molar-refractivity contribution < 1.29 is 13.9 Å². The molecule has 0 unspecified atom stereocenters. The van der Waals surface area contributed by atoms with Gasteiger partial charge in [0.15, 0.2) is 0 Å². The van der Waals surface area contributed by atoms with Crippen LogP contribution in [0.2, 0.25) is 0 Å². The second-order valence-corrected chi connectivity index (χ2v) is 7.08. The van der Waals surface area contributed by atoms with Gasteiger partial charge in [-0.05, 0) is 49.2 Å². The molecule has 1 amide bonds. The number of anilines is 1. The molecule has 5 heteroatoms. The third-order valence-corrected chi connectivity index (χ3v) is 5.00. The van der Waals surface area contributed by atoms with Gasteiger partial charge in [-0.1, -0.05) is 42.5 Å². The zero-order chi connectivity index (χ0) is 20.8. The topological polar surface area (TPSA) is 41.6 Å². The lowest BCUT2D eigenvalue weighted by Crippen LogP contribution is -2.30. The average Bonchev–Trinajstić information content (AvgIpc) is 2.92. The van der Waals surface area contributed by atoms with E-state index in [2.05, 4.69) is 5.32 Å². The van der Waals surface area contributed by atoms with Crippen molar-refractivity contribution >= 4 is 17.3 Å². The van der Waals surface area contributed by atoms with Crippen LogP contribution in [0.25, 0.3) is 5.70 Å². The van der Waals surface area contributed by atoms with E-state index in [-0.39, 0.29) is 11.7 Å². The van der Waals surface area contributed by atoms with Gasteiger partial charge in [0.05, 0.1) is 11.3 Å². The van der Waals surface area contributed by atoms with Gasteiger partial charge in [-0.25, -0.2) is 4.39 Å². The normalized spacial score (nSPS) is 13.2. The van der Waals surface area contributed by atoms with E-state index in [9.17, 15) is 9.18 Å². The Hall–Kier alpha value is -3.60. The van der Waals surface area contributed by atoms with Crippen LogP contribution >= 0.6 is 0 Å². The van der Waals surface area contributed by atoms with Gasteiger partial charge in [-0.3, -0.25) is 4.79 Å². The van der Waals surface area contributed by atoms with Crippen molar-refractivity contribution in [3.63, 3.8) is 0 Å². The number of amides is 1. The van der Waals surface area contributed by atoms with Crippen LogP contribution < -0.4 is 10.1 Å². The number of fused-ring (bicyclic) bond motifs is 1. The summed E-state index contributed by atoms with van der Waals surface area (Å²) in [6.45, 7) is 1.31. The van der Waals surface area contributed by atoms with Gasteiger partial charge in [0, 0.05) is 24.3 Å². The molecule has 3 aromatic rings. The first-order valence-electron chi connectivity index (χ1n) is 10.0. The lowest BCUT2D eigenvalue weighted by atomic mass is 10.1. The van der Waals surface area contributed by atoms with Gasteiger partial charge < -0.3 is 15.0 Å². The van der Waals surface area contributed by atoms with Gasteiger partial charge in [0.2, 0.25) is 0 Å². The summed E-state index contributed by atoms with van der Waals surface area (Å²) >= 11 is 0. The second kappa shape index (κ2) is 9.27. The Labute approximate surface area is 175 Å². The molecule has 0 aliphatic carbocycles.